The molecule has 0 aliphatic rings. The summed E-state index contributed by atoms with van der Waals surface area (Å²) < 4.78 is 16.1. The van der Waals surface area contributed by atoms with Crippen LogP contribution in [-0.2, 0) is 20.9 Å². The highest BCUT2D eigenvalue weighted by atomic mass is 16.5. The number of esters is 1. The summed E-state index contributed by atoms with van der Waals surface area (Å²) >= 11 is 0. The van der Waals surface area contributed by atoms with E-state index in [1.54, 1.807) is 18.2 Å². The minimum Gasteiger partial charge on any atom is -0.450 e. The minimum atomic E-state index is -0.809. The number of anilines is 1. The molecule has 1 heterocycles. The lowest BCUT2D eigenvalue weighted by Crippen LogP contribution is -2.37. The number of nitrogens with one attached hydrogen (secondary N) is 2. The normalized spacial score (nSPS) is 10.7. The molecule has 0 atom stereocenters. The van der Waals surface area contributed by atoms with Crippen molar-refractivity contribution in [1.82, 2.24) is 5.32 Å². The van der Waals surface area contributed by atoms with E-state index >= 15 is 0 Å². The van der Waals surface area contributed by atoms with Crippen LogP contribution in [0.3, 0.4) is 0 Å². The van der Waals surface area contributed by atoms with Gasteiger partial charge in [0.15, 0.2) is 6.61 Å². The van der Waals surface area contributed by atoms with Gasteiger partial charge in [-0.15, -0.1) is 0 Å². The molecule has 2 N–H and O–H groups in total. The molecule has 0 bridgehead atoms. The monoisotopic (exact) mass is 424 g/mol. The van der Waals surface area contributed by atoms with Gasteiger partial charge in [-0.25, -0.2) is 9.59 Å². The van der Waals surface area contributed by atoms with Crippen LogP contribution in [0.4, 0.5) is 10.5 Å². The van der Waals surface area contributed by atoms with E-state index in [9.17, 15) is 14.4 Å². The van der Waals surface area contributed by atoms with Crippen LogP contribution < -0.4 is 10.6 Å². The molecule has 0 saturated carbocycles. The van der Waals surface area contributed by atoms with Gasteiger partial charge in [0.2, 0.25) is 5.76 Å². The maximum atomic E-state index is 12.5. The average Bonchev–Trinajstić information content (AvgIpc) is 3.11. The van der Waals surface area contributed by atoms with Gasteiger partial charge in [0.05, 0.1) is 6.61 Å². The molecule has 0 spiro atoms. The second-order valence-corrected chi connectivity index (χ2v) is 6.94. The molecule has 3 amide bonds. The number of hydrogen-bond acceptors (Lipinski definition) is 6. The summed E-state index contributed by atoms with van der Waals surface area (Å²) in [6.45, 7) is 5.63. The summed E-state index contributed by atoms with van der Waals surface area (Å²) in [7, 11) is 0. The molecule has 1 aromatic heterocycles. The summed E-state index contributed by atoms with van der Waals surface area (Å²) in [5.74, 6) is -1.60. The van der Waals surface area contributed by atoms with E-state index < -0.39 is 24.5 Å². The van der Waals surface area contributed by atoms with Crippen molar-refractivity contribution in [3.8, 4) is 0 Å². The SMILES string of the molecule is CCOCc1c(C(=O)OCC(=O)NC(=O)Nc2ccc(C)cc2C)oc2ccccc12. The lowest BCUT2D eigenvalue weighted by Gasteiger charge is -2.10. The Morgan fingerprint density at radius 1 is 1.06 bits per heavy atom. The van der Waals surface area contributed by atoms with Gasteiger partial charge in [-0.3, -0.25) is 10.1 Å². The summed E-state index contributed by atoms with van der Waals surface area (Å²) in [5, 5.41) is 5.46. The number of ether oxygens (including phenoxy) is 2. The standard InChI is InChI=1S/C23H24N2O6/c1-4-29-12-17-16-7-5-6-8-19(16)31-21(17)22(27)30-13-20(26)25-23(28)24-18-10-9-14(2)11-15(18)3/h5-11H,4,12-13H2,1-3H3,(H2,24,25,26,28). The van der Waals surface area contributed by atoms with E-state index in [0.717, 1.165) is 16.5 Å². The molecule has 162 valence electrons. The number of para-hydroxylation sites is 1. The van der Waals surface area contributed by atoms with Crippen molar-refractivity contribution in [2.45, 2.75) is 27.4 Å². The largest absolute Gasteiger partial charge is 0.450 e. The smallest absolute Gasteiger partial charge is 0.375 e. The van der Waals surface area contributed by atoms with Crippen LogP contribution in [0.5, 0.6) is 0 Å². The highest BCUT2D eigenvalue weighted by Gasteiger charge is 2.23. The number of hydrogen-bond donors (Lipinski definition) is 2. The fraction of sp³-hybridized carbons (Fsp3) is 0.261. The van der Waals surface area contributed by atoms with E-state index in [1.165, 1.54) is 0 Å². The first-order valence-electron chi connectivity index (χ1n) is 9.82. The second-order valence-electron chi connectivity index (χ2n) is 6.94. The molecule has 0 unspecified atom stereocenters. The van der Waals surface area contributed by atoms with Gasteiger partial charge in [0, 0.05) is 23.2 Å². The molecule has 3 aromatic rings. The Bertz CT molecular complexity index is 1120. The molecule has 8 nitrogen and oxygen atoms in total. The number of aryl methyl sites for hydroxylation is 2. The van der Waals surface area contributed by atoms with Crippen molar-refractivity contribution >= 4 is 34.6 Å². The van der Waals surface area contributed by atoms with Crippen LogP contribution in [0.1, 0.15) is 34.2 Å². The number of furan rings is 1. The van der Waals surface area contributed by atoms with Crippen LogP contribution in [0.2, 0.25) is 0 Å². The maximum Gasteiger partial charge on any atom is 0.375 e. The van der Waals surface area contributed by atoms with Gasteiger partial charge >= 0.3 is 12.0 Å². The number of amides is 3. The van der Waals surface area contributed by atoms with Crippen molar-refractivity contribution in [2.24, 2.45) is 0 Å². The van der Waals surface area contributed by atoms with Crippen LogP contribution in [-0.4, -0.2) is 31.1 Å². The minimum absolute atomic E-state index is 0.0258. The molecule has 0 fully saturated rings. The highest BCUT2D eigenvalue weighted by molar-refractivity contribution is 6.03. The first kappa shape index (κ1) is 22.0. The summed E-state index contributed by atoms with van der Waals surface area (Å²) in [6.07, 6.45) is 0. The average molecular weight is 424 g/mol. The van der Waals surface area contributed by atoms with Crippen molar-refractivity contribution in [3.63, 3.8) is 0 Å². The number of benzene rings is 2. The number of fused-ring (bicyclic) bond motifs is 1. The fourth-order valence-corrected chi connectivity index (χ4v) is 3.08. The van der Waals surface area contributed by atoms with Gasteiger partial charge < -0.3 is 19.2 Å². The zero-order valence-corrected chi connectivity index (χ0v) is 17.6. The maximum absolute atomic E-state index is 12.5. The van der Waals surface area contributed by atoms with E-state index in [2.05, 4.69) is 10.6 Å². The van der Waals surface area contributed by atoms with Crippen molar-refractivity contribution < 1.29 is 28.3 Å². The molecule has 8 heteroatoms. The Kier molecular flexibility index (Phi) is 7.04. The molecule has 0 saturated heterocycles. The van der Waals surface area contributed by atoms with Crippen LogP contribution in [0.15, 0.2) is 46.9 Å². The van der Waals surface area contributed by atoms with Crippen LogP contribution >= 0.6 is 0 Å². The van der Waals surface area contributed by atoms with Gasteiger partial charge in [0.1, 0.15) is 5.58 Å². The Morgan fingerprint density at radius 2 is 1.84 bits per heavy atom. The quantitative estimate of drug-likeness (QED) is 0.553. The first-order valence-corrected chi connectivity index (χ1v) is 9.82. The predicted molar refractivity (Wildman–Crippen MR) is 115 cm³/mol. The number of carbonyl (C=O) groups is 3. The summed E-state index contributed by atoms with van der Waals surface area (Å²) in [4.78, 5) is 36.6. The third-order valence-electron chi connectivity index (χ3n) is 4.55. The van der Waals surface area contributed by atoms with Crippen molar-refractivity contribution in [2.75, 3.05) is 18.5 Å². The van der Waals surface area contributed by atoms with Crippen molar-refractivity contribution in [1.29, 1.82) is 0 Å². The van der Waals surface area contributed by atoms with Crippen LogP contribution in [0, 0.1) is 13.8 Å². The van der Waals surface area contributed by atoms with Crippen LogP contribution in [0.25, 0.3) is 11.0 Å². The van der Waals surface area contributed by atoms with Gasteiger partial charge in [-0.2, -0.15) is 0 Å². The number of imide groups is 1. The first-order chi connectivity index (χ1) is 14.9. The molecule has 0 aliphatic carbocycles. The topological polar surface area (TPSA) is 107 Å². The number of urea groups is 1. The molecule has 3 rings (SSSR count). The zero-order valence-electron chi connectivity index (χ0n) is 17.6. The molecular formula is C23H24N2O6. The summed E-state index contributed by atoms with van der Waals surface area (Å²) in [6, 6.07) is 11.9. The van der Waals surface area contributed by atoms with Gasteiger partial charge in [-0.05, 0) is 38.5 Å². The van der Waals surface area contributed by atoms with Gasteiger partial charge in [-0.1, -0.05) is 35.9 Å². The van der Waals surface area contributed by atoms with E-state index in [1.807, 2.05) is 45.0 Å². The van der Waals surface area contributed by atoms with Gasteiger partial charge in [0.25, 0.3) is 5.91 Å². The Labute approximate surface area is 179 Å². The Morgan fingerprint density at radius 3 is 2.58 bits per heavy atom. The zero-order chi connectivity index (χ0) is 22.4. The second kappa shape index (κ2) is 9.90. The Hall–Kier alpha value is -3.65. The molecule has 2 aromatic carbocycles. The molecule has 0 aliphatic heterocycles. The highest BCUT2D eigenvalue weighted by Crippen LogP contribution is 2.27. The lowest BCUT2D eigenvalue weighted by atomic mass is 10.1. The molecular weight excluding hydrogens is 400 g/mol. The third kappa shape index (κ3) is 5.49. The Balaban J connectivity index is 1.60. The van der Waals surface area contributed by atoms with Crippen molar-refractivity contribution in [3.05, 3.63) is 64.9 Å². The van der Waals surface area contributed by atoms with E-state index in [-0.39, 0.29) is 12.4 Å². The fourth-order valence-electron chi connectivity index (χ4n) is 3.08. The lowest BCUT2D eigenvalue weighted by molar-refractivity contribution is -0.123. The number of carbonyl (C=O) groups excluding carboxylic acids is 3. The number of rotatable bonds is 7. The van der Waals surface area contributed by atoms with E-state index in [0.29, 0.717) is 23.4 Å². The summed E-state index contributed by atoms with van der Waals surface area (Å²) in [5.41, 5.74) is 3.56. The van der Waals surface area contributed by atoms with E-state index in [4.69, 9.17) is 13.9 Å². The third-order valence-corrected chi connectivity index (χ3v) is 4.55. The molecule has 31 heavy (non-hydrogen) atoms. The predicted octanol–water partition coefficient (Wildman–Crippen LogP) is 4.09. The molecule has 0 radical (unpaired) electrons.